The molecule has 0 aromatic heterocycles. The van der Waals surface area contributed by atoms with Gasteiger partial charge in [-0.2, -0.15) is 0 Å². The molecular weight excluding hydrogens is 424 g/mol. The Labute approximate surface area is 189 Å². The van der Waals surface area contributed by atoms with Gasteiger partial charge in [-0.1, -0.05) is 60.7 Å². The van der Waals surface area contributed by atoms with Crippen LogP contribution in [0.15, 0.2) is 72.8 Å². The maximum Gasteiger partial charge on any atom is 0.315 e. The number of carbonyl (C=O) groups excluding carboxylic acids is 1. The first-order chi connectivity index (χ1) is 15.9. The molecule has 0 aliphatic heterocycles. The van der Waals surface area contributed by atoms with E-state index >= 15 is 0 Å². The summed E-state index contributed by atoms with van der Waals surface area (Å²) in [5, 5.41) is 20.1. The highest BCUT2D eigenvalue weighted by molar-refractivity contribution is 5.82. The molecule has 0 spiro atoms. The van der Waals surface area contributed by atoms with Crippen molar-refractivity contribution in [1.82, 2.24) is 0 Å². The summed E-state index contributed by atoms with van der Waals surface area (Å²) in [4.78, 5) is 34.8. The predicted octanol–water partition coefficient (Wildman–Crippen LogP) is 3.84. The Bertz CT molecular complexity index is 1160. The first-order valence-electron chi connectivity index (χ1n) is 10.4. The SMILES string of the molecule is N[C@H](CC(=O)O)[C@H](C(=O)OCC1c2ccccc2-c2ccccc21)c1ccc([N+](=O)[O-])cc1. The highest BCUT2D eigenvalue weighted by atomic mass is 16.6. The second kappa shape index (κ2) is 9.22. The Morgan fingerprint density at radius 2 is 1.52 bits per heavy atom. The van der Waals surface area contributed by atoms with Crippen LogP contribution in [0.4, 0.5) is 5.69 Å². The normalized spacial score (nSPS) is 14.1. The number of fused-ring (bicyclic) bond motifs is 3. The average Bonchev–Trinajstić information content (AvgIpc) is 3.11. The zero-order chi connectivity index (χ0) is 23.5. The molecule has 2 atom stereocenters. The van der Waals surface area contributed by atoms with Gasteiger partial charge in [-0.3, -0.25) is 19.7 Å². The highest BCUT2D eigenvalue weighted by Gasteiger charge is 2.34. The number of carboxylic acids is 1. The van der Waals surface area contributed by atoms with Crippen LogP contribution in [-0.4, -0.2) is 34.6 Å². The number of esters is 1. The number of carboxylic acid groups (broad SMARTS) is 1. The molecule has 0 bridgehead atoms. The van der Waals surface area contributed by atoms with Crippen LogP contribution < -0.4 is 5.73 Å². The van der Waals surface area contributed by atoms with E-state index < -0.39 is 35.2 Å². The van der Waals surface area contributed by atoms with E-state index in [4.69, 9.17) is 10.5 Å². The van der Waals surface area contributed by atoms with Crippen LogP contribution in [-0.2, 0) is 14.3 Å². The van der Waals surface area contributed by atoms with Crippen molar-refractivity contribution >= 4 is 17.6 Å². The third-order valence-corrected chi connectivity index (χ3v) is 5.91. The third kappa shape index (κ3) is 4.47. The minimum atomic E-state index is -1.15. The third-order valence-electron chi connectivity index (χ3n) is 5.91. The van der Waals surface area contributed by atoms with Crippen molar-refractivity contribution < 1.29 is 24.4 Å². The van der Waals surface area contributed by atoms with Crippen molar-refractivity contribution in [1.29, 1.82) is 0 Å². The van der Waals surface area contributed by atoms with Crippen LogP contribution in [0.25, 0.3) is 11.1 Å². The molecule has 3 N–H and O–H groups in total. The highest BCUT2D eigenvalue weighted by Crippen LogP contribution is 2.44. The lowest BCUT2D eigenvalue weighted by Crippen LogP contribution is -2.37. The summed E-state index contributed by atoms with van der Waals surface area (Å²) in [7, 11) is 0. The van der Waals surface area contributed by atoms with Crippen LogP contribution in [0.2, 0.25) is 0 Å². The number of ether oxygens (including phenoxy) is 1. The number of benzene rings is 3. The fraction of sp³-hybridized carbons (Fsp3) is 0.200. The summed E-state index contributed by atoms with van der Waals surface area (Å²) in [5.74, 6) is -3.05. The van der Waals surface area contributed by atoms with Crippen molar-refractivity contribution in [3.8, 4) is 11.1 Å². The molecule has 3 aromatic rings. The van der Waals surface area contributed by atoms with Gasteiger partial charge in [0, 0.05) is 24.1 Å². The smallest absolute Gasteiger partial charge is 0.315 e. The summed E-state index contributed by atoms with van der Waals surface area (Å²) >= 11 is 0. The van der Waals surface area contributed by atoms with E-state index in [0.717, 1.165) is 22.3 Å². The average molecular weight is 446 g/mol. The fourth-order valence-electron chi connectivity index (χ4n) is 4.38. The van der Waals surface area contributed by atoms with E-state index in [2.05, 4.69) is 0 Å². The van der Waals surface area contributed by atoms with E-state index in [-0.39, 0.29) is 18.2 Å². The predicted molar refractivity (Wildman–Crippen MR) is 121 cm³/mol. The number of hydrogen-bond acceptors (Lipinski definition) is 6. The quantitative estimate of drug-likeness (QED) is 0.305. The number of hydrogen-bond donors (Lipinski definition) is 2. The van der Waals surface area contributed by atoms with Gasteiger partial charge in [-0.25, -0.2) is 0 Å². The van der Waals surface area contributed by atoms with E-state index in [9.17, 15) is 24.8 Å². The van der Waals surface area contributed by atoms with Gasteiger partial charge in [-0.05, 0) is 27.8 Å². The van der Waals surface area contributed by atoms with Gasteiger partial charge in [0.15, 0.2) is 0 Å². The van der Waals surface area contributed by atoms with E-state index in [0.29, 0.717) is 5.56 Å². The molecule has 0 saturated heterocycles. The maximum atomic E-state index is 13.1. The monoisotopic (exact) mass is 446 g/mol. The van der Waals surface area contributed by atoms with Gasteiger partial charge in [0.1, 0.15) is 6.61 Å². The lowest BCUT2D eigenvalue weighted by molar-refractivity contribution is -0.384. The Kier molecular flexibility index (Phi) is 6.19. The van der Waals surface area contributed by atoms with Crippen molar-refractivity contribution in [2.24, 2.45) is 5.73 Å². The van der Waals surface area contributed by atoms with Crippen molar-refractivity contribution in [3.63, 3.8) is 0 Å². The minimum absolute atomic E-state index is 0.0656. The number of nitrogens with zero attached hydrogens (tertiary/aromatic N) is 1. The maximum absolute atomic E-state index is 13.1. The number of rotatable bonds is 8. The van der Waals surface area contributed by atoms with E-state index in [1.807, 2.05) is 48.5 Å². The molecule has 33 heavy (non-hydrogen) atoms. The van der Waals surface area contributed by atoms with Gasteiger partial charge in [-0.15, -0.1) is 0 Å². The van der Waals surface area contributed by atoms with Crippen molar-refractivity contribution in [3.05, 3.63) is 99.6 Å². The molecule has 0 unspecified atom stereocenters. The van der Waals surface area contributed by atoms with Crippen molar-refractivity contribution in [2.75, 3.05) is 6.61 Å². The van der Waals surface area contributed by atoms with Crippen LogP contribution in [0, 0.1) is 10.1 Å². The van der Waals surface area contributed by atoms with Gasteiger partial charge in [0.2, 0.25) is 0 Å². The zero-order valence-electron chi connectivity index (χ0n) is 17.6. The topological polar surface area (TPSA) is 133 Å². The molecule has 1 aliphatic rings. The standard InChI is InChI=1S/C25H22N2O6/c26-22(13-23(28)29)24(15-9-11-16(12-10-15)27(31)32)25(30)33-14-21-19-7-3-1-5-17(19)18-6-2-4-8-20(18)21/h1-12,21-22,24H,13-14,26H2,(H,28,29)/t22-,24-/m1/s1. The Morgan fingerprint density at radius 3 is 2.03 bits per heavy atom. The summed E-state index contributed by atoms with van der Waals surface area (Å²) < 4.78 is 5.69. The van der Waals surface area contributed by atoms with Gasteiger partial charge in [0.25, 0.3) is 5.69 Å². The molecule has 8 heteroatoms. The Morgan fingerprint density at radius 1 is 0.970 bits per heavy atom. The summed E-state index contributed by atoms with van der Waals surface area (Å²) in [5.41, 5.74) is 10.6. The van der Waals surface area contributed by atoms with Crippen LogP contribution in [0.3, 0.4) is 0 Å². The number of nitro benzene ring substituents is 1. The summed E-state index contributed by atoms with van der Waals surface area (Å²) in [6.07, 6.45) is -0.453. The number of aliphatic carboxylic acids is 1. The molecule has 0 amide bonds. The molecule has 0 fully saturated rings. The number of nitro groups is 1. The molecule has 4 rings (SSSR count). The van der Waals surface area contributed by atoms with E-state index in [1.165, 1.54) is 24.3 Å². The van der Waals surface area contributed by atoms with Gasteiger partial charge in [0.05, 0.1) is 17.3 Å². The minimum Gasteiger partial charge on any atom is -0.481 e. The fourth-order valence-corrected chi connectivity index (χ4v) is 4.38. The van der Waals surface area contributed by atoms with Gasteiger partial charge >= 0.3 is 11.9 Å². The zero-order valence-corrected chi connectivity index (χ0v) is 17.6. The second-order valence-corrected chi connectivity index (χ2v) is 7.95. The van der Waals surface area contributed by atoms with Gasteiger partial charge < -0.3 is 15.6 Å². The molecule has 3 aromatic carbocycles. The van der Waals surface area contributed by atoms with Crippen LogP contribution in [0.1, 0.15) is 34.9 Å². The molecule has 168 valence electrons. The molecule has 0 saturated carbocycles. The molecular formula is C25H22N2O6. The number of non-ortho nitro benzene ring substituents is 1. The van der Waals surface area contributed by atoms with Crippen LogP contribution >= 0.6 is 0 Å². The molecule has 8 nitrogen and oxygen atoms in total. The first kappa shape index (κ1) is 22.2. The van der Waals surface area contributed by atoms with E-state index in [1.54, 1.807) is 0 Å². The lowest BCUT2D eigenvalue weighted by atomic mass is 9.89. The largest absolute Gasteiger partial charge is 0.481 e. The second-order valence-electron chi connectivity index (χ2n) is 7.95. The summed E-state index contributed by atoms with van der Waals surface area (Å²) in [6.45, 7) is 0.0656. The molecule has 1 aliphatic carbocycles. The number of carbonyl (C=O) groups is 2. The van der Waals surface area contributed by atoms with Crippen molar-refractivity contribution in [2.45, 2.75) is 24.3 Å². The Balaban J connectivity index is 1.58. The molecule has 0 radical (unpaired) electrons. The first-order valence-corrected chi connectivity index (χ1v) is 10.4. The Hall–Kier alpha value is -4.04. The van der Waals surface area contributed by atoms with Crippen LogP contribution in [0.5, 0.6) is 0 Å². The lowest BCUT2D eigenvalue weighted by Gasteiger charge is -2.23. The summed E-state index contributed by atoms with van der Waals surface area (Å²) in [6, 6.07) is 20.1. The number of nitrogens with two attached hydrogens (primary N) is 1. The molecule has 0 heterocycles.